The lowest BCUT2D eigenvalue weighted by Gasteiger charge is -2.22. The van der Waals surface area contributed by atoms with Crippen LogP contribution in [0.25, 0.3) is 0 Å². The van der Waals surface area contributed by atoms with Crippen LogP contribution in [0.1, 0.15) is 36.5 Å². The average molecular weight is 312 g/mol. The van der Waals surface area contributed by atoms with E-state index in [0.29, 0.717) is 17.4 Å². The number of benzene rings is 1. The number of carbonyl (C=O) groups is 1. The van der Waals surface area contributed by atoms with Crippen molar-refractivity contribution in [3.05, 3.63) is 28.2 Å². The summed E-state index contributed by atoms with van der Waals surface area (Å²) in [5, 5.41) is 0. The van der Waals surface area contributed by atoms with Gasteiger partial charge in [-0.15, -0.1) is 0 Å². The number of hydrogen-bond acceptors (Lipinski definition) is 2. The molecule has 0 saturated heterocycles. The zero-order valence-corrected chi connectivity index (χ0v) is 12.4. The van der Waals surface area contributed by atoms with Gasteiger partial charge in [0.2, 0.25) is 0 Å². The maximum Gasteiger partial charge on any atom is 0.255 e. The number of amides is 1. The van der Waals surface area contributed by atoms with E-state index in [1.807, 2.05) is 17.0 Å². The minimum absolute atomic E-state index is 0.102. The van der Waals surface area contributed by atoms with Crippen LogP contribution < -0.4 is 4.74 Å². The van der Waals surface area contributed by atoms with Crippen LogP contribution in [0, 0.1) is 0 Å². The molecule has 0 radical (unpaired) electrons. The monoisotopic (exact) mass is 311 g/mol. The van der Waals surface area contributed by atoms with Gasteiger partial charge in [-0.3, -0.25) is 4.79 Å². The first-order chi connectivity index (χ1) is 8.67. The number of rotatable bonds is 5. The van der Waals surface area contributed by atoms with Gasteiger partial charge < -0.3 is 9.64 Å². The molecule has 1 fully saturated rings. The number of carbonyl (C=O) groups excluding carboxylic acids is 1. The molecule has 1 aliphatic rings. The standard InChI is InChI=1S/C14H18BrNO2/c1-3-8-16(10-4-5-10)14(17)12-9-11(18-2)6-7-13(12)15/h6-7,9-10H,3-5,8H2,1-2H3. The first-order valence-corrected chi connectivity index (χ1v) is 7.11. The Kier molecular flexibility index (Phi) is 4.27. The number of hydrogen-bond donors (Lipinski definition) is 0. The molecular weight excluding hydrogens is 294 g/mol. The van der Waals surface area contributed by atoms with E-state index in [-0.39, 0.29) is 5.91 Å². The Bertz CT molecular complexity index is 443. The molecule has 0 spiro atoms. The van der Waals surface area contributed by atoms with Crippen LogP contribution in [0.4, 0.5) is 0 Å². The number of nitrogens with zero attached hydrogens (tertiary/aromatic N) is 1. The van der Waals surface area contributed by atoms with Crippen molar-refractivity contribution in [1.29, 1.82) is 0 Å². The molecule has 0 unspecified atom stereocenters. The maximum atomic E-state index is 12.5. The van der Waals surface area contributed by atoms with Crippen LogP contribution in [0.5, 0.6) is 5.75 Å². The summed E-state index contributed by atoms with van der Waals surface area (Å²) in [6.07, 6.45) is 3.25. The Hall–Kier alpha value is -1.03. The molecule has 1 aromatic rings. The van der Waals surface area contributed by atoms with Gasteiger partial charge in [0, 0.05) is 17.1 Å². The highest BCUT2D eigenvalue weighted by atomic mass is 79.9. The summed E-state index contributed by atoms with van der Waals surface area (Å²) in [5.41, 5.74) is 0.690. The van der Waals surface area contributed by atoms with Crippen LogP contribution >= 0.6 is 15.9 Å². The van der Waals surface area contributed by atoms with Gasteiger partial charge in [0.15, 0.2) is 0 Å². The predicted molar refractivity (Wildman–Crippen MR) is 75.0 cm³/mol. The molecule has 98 valence electrons. The van der Waals surface area contributed by atoms with Gasteiger partial charge in [0.1, 0.15) is 5.75 Å². The van der Waals surface area contributed by atoms with Crippen molar-refractivity contribution in [1.82, 2.24) is 4.90 Å². The Morgan fingerprint density at radius 3 is 2.78 bits per heavy atom. The van der Waals surface area contributed by atoms with Crippen molar-refractivity contribution in [3.63, 3.8) is 0 Å². The molecule has 0 aliphatic heterocycles. The first kappa shape index (κ1) is 13.4. The van der Waals surface area contributed by atoms with Gasteiger partial charge in [-0.2, -0.15) is 0 Å². The van der Waals surface area contributed by atoms with Crippen molar-refractivity contribution >= 4 is 21.8 Å². The van der Waals surface area contributed by atoms with E-state index in [4.69, 9.17) is 4.74 Å². The van der Waals surface area contributed by atoms with Gasteiger partial charge in [-0.1, -0.05) is 6.92 Å². The van der Waals surface area contributed by atoms with E-state index in [1.54, 1.807) is 13.2 Å². The highest BCUT2D eigenvalue weighted by Gasteiger charge is 2.33. The minimum atomic E-state index is 0.102. The fraction of sp³-hybridized carbons (Fsp3) is 0.500. The Labute approximate surface area is 116 Å². The summed E-state index contributed by atoms with van der Waals surface area (Å²) < 4.78 is 6.01. The van der Waals surface area contributed by atoms with Crippen molar-refractivity contribution in [2.24, 2.45) is 0 Å². The fourth-order valence-corrected chi connectivity index (χ4v) is 2.44. The summed E-state index contributed by atoms with van der Waals surface area (Å²) >= 11 is 3.45. The molecule has 18 heavy (non-hydrogen) atoms. The second-order valence-electron chi connectivity index (χ2n) is 4.58. The average Bonchev–Trinajstić information content (AvgIpc) is 3.20. The van der Waals surface area contributed by atoms with Gasteiger partial charge in [-0.05, 0) is 53.4 Å². The molecule has 4 heteroatoms. The zero-order chi connectivity index (χ0) is 13.1. The molecule has 0 aromatic heterocycles. The summed E-state index contributed by atoms with van der Waals surface area (Å²) in [4.78, 5) is 14.5. The number of halogens is 1. The van der Waals surface area contributed by atoms with E-state index in [2.05, 4.69) is 22.9 Å². The third kappa shape index (κ3) is 2.86. The molecule has 0 N–H and O–H groups in total. The molecule has 1 saturated carbocycles. The van der Waals surface area contributed by atoms with E-state index >= 15 is 0 Å². The molecule has 0 bridgehead atoms. The molecule has 2 rings (SSSR count). The van der Waals surface area contributed by atoms with Crippen molar-refractivity contribution in [3.8, 4) is 5.75 Å². The highest BCUT2D eigenvalue weighted by Crippen LogP contribution is 2.31. The molecule has 1 amide bonds. The van der Waals surface area contributed by atoms with E-state index in [9.17, 15) is 4.79 Å². The van der Waals surface area contributed by atoms with Crippen LogP contribution in [0.3, 0.4) is 0 Å². The Morgan fingerprint density at radius 2 is 2.22 bits per heavy atom. The number of ether oxygens (including phenoxy) is 1. The quantitative estimate of drug-likeness (QED) is 0.833. The largest absolute Gasteiger partial charge is 0.497 e. The van der Waals surface area contributed by atoms with E-state index in [0.717, 1.165) is 30.3 Å². The van der Waals surface area contributed by atoms with Crippen LogP contribution in [0.15, 0.2) is 22.7 Å². The molecule has 1 aliphatic carbocycles. The summed E-state index contributed by atoms with van der Waals surface area (Å²) in [6, 6.07) is 5.96. The van der Waals surface area contributed by atoms with Crippen LogP contribution in [-0.4, -0.2) is 30.5 Å². The SMILES string of the molecule is CCCN(C(=O)c1cc(OC)ccc1Br)C1CC1. The molecule has 0 heterocycles. The second-order valence-corrected chi connectivity index (χ2v) is 5.43. The Balaban J connectivity index is 2.25. The van der Waals surface area contributed by atoms with E-state index < -0.39 is 0 Å². The molecule has 1 aromatic carbocycles. The maximum absolute atomic E-state index is 12.5. The third-order valence-corrected chi connectivity index (χ3v) is 3.81. The molecule has 0 atom stereocenters. The normalized spacial score (nSPS) is 14.4. The zero-order valence-electron chi connectivity index (χ0n) is 10.8. The molecular formula is C14H18BrNO2. The van der Waals surface area contributed by atoms with Crippen LogP contribution in [0.2, 0.25) is 0 Å². The smallest absolute Gasteiger partial charge is 0.255 e. The van der Waals surface area contributed by atoms with Crippen LogP contribution in [-0.2, 0) is 0 Å². The second kappa shape index (κ2) is 5.74. The Morgan fingerprint density at radius 1 is 1.50 bits per heavy atom. The van der Waals surface area contributed by atoms with Gasteiger partial charge in [-0.25, -0.2) is 0 Å². The predicted octanol–water partition coefficient (Wildman–Crippen LogP) is 3.47. The summed E-state index contributed by atoms with van der Waals surface area (Å²) in [6.45, 7) is 2.93. The molecule has 3 nitrogen and oxygen atoms in total. The fourth-order valence-electron chi connectivity index (χ4n) is 2.03. The number of methoxy groups -OCH3 is 1. The topological polar surface area (TPSA) is 29.5 Å². The van der Waals surface area contributed by atoms with E-state index in [1.165, 1.54) is 0 Å². The summed E-state index contributed by atoms with van der Waals surface area (Å²) in [7, 11) is 1.61. The minimum Gasteiger partial charge on any atom is -0.497 e. The van der Waals surface area contributed by atoms with Crippen molar-refractivity contribution in [2.45, 2.75) is 32.2 Å². The lowest BCUT2D eigenvalue weighted by molar-refractivity contribution is 0.0742. The lowest BCUT2D eigenvalue weighted by Crippen LogP contribution is -2.34. The van der Waals surface area contributed by atoms with Gasteiger partial charge in [0.25, 0.3) is 5.91 Å². The van der Waals surface area contributed by atoms with Gasteiger partial charge >= 0.3 is 0 Å². The first-order valence-electron chi connectivity index (χ1n) is 6.32. The van der Waals surface area contributed by atoms with Gasteiger partial charge in [0.05, 0.1) is 12.7 Å². The van der Waals surface area contributed by atoms with Crippen molar-refractivity contribution < 1.29 is 9.53 Å². The lowest BCUT2D eigenvalue weighted by atomic mass is 10.1. The van der Waals surface area contributed by atoms with Crippen molar-refractivity contribution in [2.75, 3.05) is 13.7 Å². The third-order valence-electron chi connectivity index (χ3n) is 3.12. The highest BCUT2D eigenvalue weighted by molar-refractivity contribution is 9.10. The summed E-state index contributed by atoms with van der Waals surface area (Å²) in [5.74, 6) is 0.818.